The minimum atomic E-state index is -1.15. The summed E-state index contributed by atoms with van der Waals surface area (Å²) in [5.41, 5.74) is -0.0450. The summed E-state index contributed by atoms with van der Waals surface area (Å²) in [4.78, 5) is 23.1. The summed E-state index contributed by atoms with van der Waals surface area (Å²) in [5, 5.41) is 11.7. The van der Waals surface area contributed by atoms with Gasteiger partial charge in [0.25, 0.3) is 0 Å². The summed E-state index contributed by atoms with van der Waals surface area (Å²) in [6.07, 6.45) is -0.706. The molecule has 0 saturated carbocycles. The van der Waals surface area contributed by atoms with E-state index in [1.54, 1.807) is 39.0 Å². The number of nitrogens with one attached hydrogen (secondary N) is 1. The summed E-state index contributed by atoms with van der Waals surface area (Å²) in [6, 6.07) is 3.94. The highest BCUT2D eigenvalue weighted by Crippen LogP contribution is 2.23. The average Bonchev–Trinajstić information content (AvgIpc) is 2.43. The van der Waals surface area contributed by atoms with Gasteiger partial charge in [-0.1, -0.05) is 0 Å². The molecule has 1 atom stereocenters. The Kier molecular flexibility index (Phi) is 6.24. The number of rotatable bonds is 6. The lowest BCUT2D eigenvalue weighted by Gasteiger charge is -2.22. The predicted molar refractivity (Wildman–Crippen MR) is 84.0 cm³/mol. The summed E-state index contributed by atoms with van der Waals surface area (Å²) < 4.78 is 15.4. The number of hydrogen-bond donors (Lipinski definition) is 2. The molecule has 7 nitrogen and oxygen atoms in total. The molecule has 0 aliphatic heterocycles. The van der Waals surface area contributed by atoms with Crippen molar-refractivity contribution in [2.75, 3.05) is 14.2 Å². The number of carboxylic acids is 1. The fourth-order valence-electron chi connectivity index (χ4n) is 1.87. The van der Waals surface area contributed by atoms with Crippen LogP contribution in [0, 0.1) is 0 Å². The van der Waals surface area contributed by atoms with E-state index < -0.39 is 23.7 Å². The lowest BCUT2D eigenvalue weighted by atomic mass is 10.1. The Morgan fingerprint density at radius 1 is 1.13 bits per heavy atom. The van der Waals surface area contributed by atoms with Gasteiger partial charge < -0.3 is 24.6 Å². The van der Waals surface area contributed by atoms with Gasteiger partial charge in [-0.05, 0) is 38.5 Å². The molecule has 0 bridgehead atoms. The first-order valence-electron chi connectivity index (χ1n) is 7.09. The zero-order chi connectivity index (χ0) is 17.6. The largest absolute Gasteiger partial charge is 0.497 e. The highest BCUT2D eigenvalue weighted by Gasteiger charge is 2.24. The fraction of sp³-hybridized carbons (Fsp3) is 0.500. The van der Waals surface area contributed by atoms with Gasteiger partial charge in [0.1, 0.15) is 23.1 Å². The number of benzene rings is 1. The molecule has 1 rings (SSSR count). The number of hydrogen-bond acceptors (Lipinski definition) is 5. The summed E-state index contributed by atoms with van der Waals surface area (Å²) >= 11 is 0. The number of ether oxygens (including phenoxy) is 3. The van der Waals surface area contributed by atoms with Gasteiger partial charge in [0.15, 0.2) is 0 Å². The van der Waals surface area contributed by atoms with E-state index >= 15 is 0 Å². The Labute approximate surface area is 135 Å². The number of carbonyl (C=O) groups excluding carboxylic acids is 1. The smallest absolute Gasteiger partial charge is 0.408 e. The molecule has 128 valence electrons. The molecule has 0 radical (unpaired) electrons. The molecule has 1 unspecified atom stereocenters. The molecule has 0 fully saturated rings. The van der Waals surface area contributed by atoms with Crippen LogP contribution in [0.15, 0.2) is 18.2 Å². The quantitative estimate of drug-likeness (QED) is 0.833. The van der Waals surface area contributed by atoms with Gasteiger partial charge >= 0.3 is 12.1 Å². The van der Waals surface area contributed by atoms with Gasteiger partial charge in [-0.15, -0.1) is 0 Å². The van der Waals surface area contributed by atoms with Crippen molar-refractivity contribution in [2.24, 2.45) is 0 Å². The Morgan fingerprint density at radius 2 is 1.65 bits per heavy atom. The first kappa shape index (κ1) is 18.6. The Hall–Kier alpha value is -2.44. The first-order chi connectivity index (χ1) is 10.6. The van der Waals surface area contributed by atoms with Gasteiger partial charge in [-0.2, -0.15) is 0 Å². The summed E-state index contributed by atoms with van der Waals surface area (Å²) in [6.45, 7) is 5.11. The molecule has 7 heteroatoms. The van der Waals surface area contributed by atoms with Gasteiger partial charge in [0.05, 0.1) is 14.2 Å². The Bertz CT molecular complexity index is 542. The molecule has 1 aromatic rings. The van der Waals surface area contributed by atoms with Gasteiger partial charge in [0.2, 0.25) is 0 Å². The molecule has 2 N–H and O–H groups in total. The minimum Gasteiger partial charge on any atom is -0.497 e. The molecule has 0 aliphatic carbocycles. The first-order valence-corrected chi connectivity index (χ1v) is 7.09. The van der Waals surface area contributed by atoms with E-state index in [1.165, 1.54) is 14.2 Å². The topological polar surface area (TPSA) is 94.1 Å². The third kappa shape index (κ3) is 6.46. The van der Waals surface area contributed by atoms with Crippen LogP contribution in [0.3, 0.4) is 0 Å². The highest BCUT2D eigenvalue weighted by atomic mass is 16.6. The van der Waals surface area contributed by atoms with E-state index in [9.17, 15) is 14.7 Å². The number of methoxy groups -OCH3 is 2. The van der Waals surface area contributed by atoms with Crippen molar-refractivity contribution in [1.82, 2.24) is 5.32 Å². The summed E-state index contributed by atoms with van der Waals surface area (Å²) in [7, 11) is 3.01. The van der Waals surface area contributed by atoms with Crippen molar-refractivity contribution >= 4 is 12.1 Å². The monoisotopic (exact) mass is 325 g/mol. The number of carboxylic acid groups (broad SMARTS) is 1. The van der Waals surface area contributed by atoms with Gasteiger partial charge in [-0.3, -0.25) is 0 Å². The van der Waals surface area contributed by atoms with Crippen LogP contribution in [0.25, 0.3) is 0 Å². The van der Waals surface area contributed by atoms with Crippen molar-refractivity contribution in [3.05, 3.63) is 23.8 Å². The van der Waals surface area contributed by atoms with Crippen LogP contribution in [0.2, 0.25) is 0 Å². The molecule has 1 aromatic carbocycles. The fourth-order valence-corrected chi connectivity index (χ4v) is 1.87. The molecular formula is C16H23NO6. The molecule has 0 aromatic heterocycles. The Morgan fingerprint density at radius 3 is 2.04 bits per heavy atom. The van der Waals surface area contributed by atoms with Gasteiger partial charge in [-0.25, -0.2) is 9.59 Å². The number of aliphatic carboxylic acids is 1. The van der Waals surface area contributed by atoms with Gasteiger partial charge in [0, 0.05) is 12.5 Å². The summed E-state index contributed by atoms with van der Waals surface area (Å²) in [5.74, 6) is -0.0702. The molecule has 23 heavy (non-hydrogen) atoms. The molecule has 1 amide bonds. The van der Waals surface area contributed by atoms with E-state index in [1.807, 2.05) is 0 Å². The standard InChI is InChI=1S/C16H23NO6/c1-16(2,3)23-15(20)17-13(14(18)19)8-10-6-11(21-4)9-12(7-10)22-5/h6-7,9,13H,8H2,1-5H3,(H,17,20)(H,18,19). The van der Waals surface area contributed by atoms with Crippen LogP contribution in [-0.2, 0) is 16.0 Å². The number of alkyl carbamates (subject to hydrolysis) is 1. The Balaban J connectivity index is 2.88. The normalized spacial score (nSPS) is 12.2. The van der Waals surface area contributed by atoms with E-state index in [0.29, 0.717) is 17.1 Å². The molecule has 0 saturated heterocycles. The van der Waals surface area contributed by atoms with E-state index in [4.69, 9.17) is 14.2 Å². The van der Waals surface area contributed by atoms with Crippen LogP contribution < -0.4 is 14.8 Å². The zero-order valence-electron chi connectivity index (χ0n) is 14.0. The van der Waals surface area contributed by atoms with Crippen LogP contribution in [0.5, 0.6) is 11.5 Å². The minimum absolute atomic E-state index is 0.0716. The van der Waals surface area contributed by atoms with Crippen molar-refractivity contribution < 1.29 is 28.9 Å². The highest BCUT2D eigenvalue weighted by molar-refractivity contribution is 5.80. The van der Waals surface area contributed by atoms with Crippen molar-refractivity contribution in [2.45, 2.75) is 38.8 Å². The molecule has 0 aliphatic rings. The van der Waals surface area contributed by atoms with Crippen molar-refractivity contribution in [3.63, 3.8) is 0 Å². The maximum atomic E-state index is 11.8. The molecule has 0 heterocycles. The lowest BCUT2D eigenvalue weighted by Crippen LogP contribution is -2.44. The number of amides is 1. The third-order valence-electron chi connectivity index (χ3n) is 2.84. The van der Waals surface area contributed by atoms with Crippen LogP contribution >= 0.6 is 0 Å². The third-order valence-corrected chi connectivity index (χ3v) is 2.84. The number of carbonyl (C=O) groups is 2. The maximum absolute atomic E-state index is 11.8. The van der Waals surface area contributed by atoms with Crippen molar-refractivity contribution in [3.8, 4) is 11.5 Å². The predicted octanol–water partition coefficient (Wildman–Crippen LogP) is 2.22. The average molecular weight is 325 g/mol. The van der Waals surface area contributed by atoms with Crippen LogP contribution in [0.1, 0.15) is 26.3 Å². The van der Waals surface area contributed by atoms with Crippen LogP contribution in [0.4, 0.5) is 4.79 Å². The van der Waals surface area contributed by atoms with Crippen LogP contribution in [-0.4, -0.2) is 43.0 Å². The molecule has 0 spiro atoms. The van der Waals surface area contributed by atoms with E-state index in [-0.39, 0.29) is 6.42 Å². The van der Waals surface area contributed by atoms with E-state index in [2.05, 4.69) is 5.32 Å². The molecular weight excluding hydrogens is 302 g/mol. The lowest BCUT2D eigenvalue weighted by molar-refractivity contribution is -0.139. The zero-order valence-corrected chi connectivity index (χ0v) is 14.0. The second-order valence-corrected chi connectivity index (χ2v) is 5.96. The maximum Gasteiger partial charge on any atom is 0.408 e. The SMILES string of the molecule is COc1cc(CC(NC(=O)OC(C)(C)C)C(=O)O)cc(OC)c1. The second-order valence-electron chi connectivity index (χ2n) is 5.96. The second kappa shape index (κ2) is 7.71. The van der Waals surface area contributed by atoms with Crippen molar-refractivity contribution in [1.29, 1.82) is 0 Å². The van der Waals surface area contributed by atoms with E-state index in [0.717, 1.165) is 0 Å².